The summed E-state index contributed by atoms with van der Waals surface area (Å²) in [6.45, 7) is 9.68. The highest BCUT2D eigenvalue weighted by Gasteiger charge is 2.42. The second-order valence-electron chi connectivity index (χ2n) is 8.24. The van der Waals surface area contributed by atoms with Crippen LogP contribution >= 0.6 is 0 Å². The van der Waals surface area contributed by atoms with Crippen LogP contribution in [0, 0.1) is 13.8 Å². The number of hydrogen-bond donors (Lipinski definition) is 0. The molecule has 0 saturated carbocycles. The second kappa shape index (κ2) is 5.32. The first-order valence-corrected chi connectivity index (χ1v) is 9.46. The van der Waals surface area contributed by atoms with Crippen molar-refractivity contribution < 1.29 is 0 Å². The van der Waals surface area contributed by atoms with Crippen molar-refractivity contribution >= 4 is 17.2 Å². The molecule has 0 radical (unpaired) electrons. The lowest BCUT2D eigenvalue weighted by molar-refractivity contribution is 0.633. The van der Waals surface area contributed by atoms with Gasteiger partial charge in [-0.15, -0.1) is 0 Å². The number of benzene rings is 1. The second-order valence-corrected chi connectivity index (χ2v) is 8.24. The minimum absolute atomic E-state index is 0.145. The quantitative estimate of drug-likeness (QED) is 0.618. The van der Waals surface area contributed by atoms with Crippen molar-refractivity contribution in [3.63, 3.8) is 0 Å². The molecule has 1 aliphatic carbocycles. The molecular formula is C23H24N4. The zero-order chi connectivity index (χ0) is 18.9. The third-order valence-corrected chi connectivity index (χ3v) is 5.98. The van der Waals surface area contributed by atoms with E-state index in [0.29, 0.717) is 0 Å². The van der Waals surface area contributed by atoms with E-state index in [2.05, 4.69) is 74.9 Å². The predicted octanol–water partition coefficient (Wildman–Crippen LogP) is 4.95. The fourth-order valence-electron chi connectivity index (χ4n) is 4.70. The van der Waals surface area contributed by atoms with Crippen LogP contribution in [0.25, 0.3) is 11.1 Å². The van der Waals surface area contributed by atoms with Gasteiger partial charge in [0.25, 0.3) is 0 Å². The Morgan fingerprint density at radius 1 is 1.00 bits per heavy atom. The van der Waals surface area contributed by atoms with Crippen LogP contribution in [-0.4, -0.2) is 23.7 Å². The molecule has 0 saturated heterocycles. The van der Waals surface area contributed by atoms with E-state index in [-0.39, 0.29) is 5.41 Å². The summed E-state index contributed by atoms with van der Waals surface area (Å²) < 4.78 is 0. The summed E-state index contributed by atoms with van der Waals surface area (Å²) in [5.74, 6) is 1.03. The van der Waals surface area contributed by atoms with Crippen LogP contribution in [0.3, 0.4) is 0 Å². The summed E-state index contributed by atoms with van der Waals surface area (Å²) in [5.41, 5.74) is 9.76. The highest BCUT2D eigenvalue weighted by atomic mass is 15.4. The van der Waals surface area contributed by atoms with Gasteiger partial charge in [-0.25, -0.2) is 4.98 Å². The first kappa shape index (κ1) is 16.3. The molecule has 3 heterocycles. The van der Waals surface area contributed by atoms with E-state index in [0.717, 1.165) is 18.2 Å². The summed E-state index contributed by atoms with van der Waals surface area (Å²) in [6.07, 6.45) is 1.88. The van der Waals surface area contributed by atoms with Gasteiger partial charge >= 0.3 is 0 Å². The molecule has 0 N–H and O–H groups in total. The van der Waals surface area contributed by atoms with Crippen molar-refractivity contribution in [2.75, 3.05) is 23.5 Å². The average molecular weight is 356 g/mol. The van der Waals surface area contributed by atoms with Crippen LogP contribution in [0.2, 0.25) is 0 Å². The number of aromatic nitrogens is 2. The number of anilines is 3. The molecule has 0 bridgehead atoms. The van der Waals surface area contributed by atoms with E-state index in [1.54, 1.807) is 0 Å². The first-order valence-electron chi connectivity index (χ1n) is 9.46. The Morgan fingerprint density at radius 2 is 1.78 bits per heavy atom. The minimum atomic E-state index is -0.145. The molecule has 2 aromatic heterocycles. The Hall–Kier alpha value is -2.88. The maximum Gasteiger partial charge on any atom is 0.158 e. The van der Waals surface area contributed by atoms with Gasteiger partial charge in [0.2, 0.25) is 0 Å². The third-order valence-electron chi connectivity index (χ3n) is 5.98. The summed E-state index contributed by atoms with van der Waals surface area (Å²) in [5, 5.41) is 0. The number of hydrogen-bond acceptors (Lipinski definition) is 4. The van der Waals surface area contributed by atoms with Crippen molar-refractivity contribution in [2.45, 2.75) is 33.1 Å². The van der Waals surface area contributed by atoms with Crippen LogP contribution in [-0.2, 0) is 5.41 Å². The maximum atomic E-state index is 4.93. The van der Waals surface area contributed by atoms with Gasteiger partial charge in [-0.2, -0.15) is 0 Å². The molecule has 1 aromatic carbocycles. The van der Waals surface area contributed by atoms with Gasteiger partial charge in [0.15, 0.2) is 5.82 Å². The van der Waals surface area contributed by atoms with Crippen LogP contribution in [0.4, 0.5) is 17.2 Å². The van der Waals surface area contributed by atoms with Crippen LogP contribution < -0.4 is 9.80 Å². The van der Waals surface area contributed by atoms with Crippen LogP contribution in [0.15, 0.2) is 42.6 Å². The molecule has 1 aliphatic heterocycles. The normalized spacial score (nSPS) is 16.3. The van der Waals surface area contributed by atoms with Gasteiger partial charge in [-0.1, -0.05) is 32.0 Å². The van der Waals surface area contributed by atoms with E-state index < -0.39 is 0 Å². The summed E-state index contributed by atoms with van der Waals surface area (Å²) in [6, 6.07) is 13.0. The lowest BCUT2D eigenvalue weighted by atomic mass is 9.82. The zero-order valence-corrected chi connectivity index (χ0v) is 16.5. The lowest BCUT2D eigenvalue weighted by Gasteiger charge is -2.30. The minimum Gasteiger partial charge on any atom is -0.354 e. The van der Waals surface area contributed by atoms with Crippen LogP contribution in [0.5, 0.6) is 0 Å². The highest BCUT2D eigenvalue weighted by Crippen LogP contribution is 2.54. The molecule has 0 unspecified atom stereocenters. The van der Waals surface area contributed by atoms with Crippen molar-refractivity contribution in [1.29, 1.82) is 0 Å². The third kappa shape index (κ3) is 2.10. The molecule has 4 nitrogen and oxygen atoms in total. The summed E-state index contributed by atoms with van der Waals surface area (Å²) >= 11 is 0. The molecule has 0 atom stereocenters. The fraction of sp³-hybridized carbons (Fsp3) is 0.304. The zero-order valence-electron chi connectivity index (χ0n) is 16.5. The van der Waals surface area contributed by atoms with Crippen molar-refractivity contribution in [1.82, 2.24) is 9.97 Å². The van der Waals surface area contributed by atoms with Crippen molar-refractivity contribution in [3.8, 4) is 11.1 Å². The largest absolute Gasteiger partial charge is 0.354 e. The maximum absolute atomic E-state index is 4.93. The molecule has 27 heavy (non-hydrogen) atoms. The predicted molar refractivity (Wildman–Crippen MR) is 111 cm³/mol. The van der Waals surface area contributed by atoms with Gasteiger partial charge in [0.1, 0.15) is 0 Å². The standard InChI is InChI=1S/C23H24N4/c1-14-8-10-16-17-11-9-15(2)25-21(17)23(3,4)19(16)20(14)27-13-26(5)18-7-6-12-24-22(18)27/h6-12H,13H2,1-5H3. The number of aryl methyl sites for hydroxylation is 2. The van der Waals surface area contributed by atoms with Crippen molar-refractivity contribution in [2.24, 2.45) is 0 Å². The Labute approximate surface area is 160 Å². The van der Waals surface area contributed by atoms with Gasteiger partial charge in [-0.3, -0.25) is 4.98 Å². The molecule has 0 spiro atoms. The summed E-state index contributed by atoms with van der Waals surface area (Å²) in [4.78, 5) is 14.3. The average Bonchev–Trinajstić information content (AvgIpc) is 3.09. The van der Waals surface area contributed by atoms with Gasteiger partial charge in [0.05, 0.1) is 23.7 Å². The molecular weight excluding hydrogens is 332 g/mol. The molecule has 0 amide bonds. The van der Waals surface area contributed by atoms with Crippen molar-refractivity contribution in [3.05, 3.63) is 65.1 Å². The Kier molecular flexibility index (Phi) is 3.21. The molecule has 5 rings (SSSR count). The topological polar surface area (TPSA) is 32.3 Å². The van der Waals surface area contributed by atoms with E-state index >= 15 is 0 Å². The fourth-order valence-corrected chi connectivity index (χ4v) is 4.70. The van der Waals surface area contributed by atoms with E-state index in [1.165, 1.54) is 39.3 Å². The van der Waals surface area contributed by atoms with Gasteiger partial charge in [0, 0.05) is 29.9 Å². The number of pyridine rings is 2. The van der Waals surface area contributed by atoms with Gasteiger partial charge in [-0.05, 0) is 48.7 Å². The SMILES string of the molecule is Cc1ccc2c(n1)C(C)(C)c1c-2ccc(C)c1N1CN(C)c2cccnc21. The van der Waals surface area contributed by atoms with Crippen LogP contribution in [0.1, 0.15) is 36.4 Å². The van der Waals surface area contributed by atoms with E-state index in [1.807, 2.05) is 12.3 Å². The number of fused-ring (bicyclic) bond motifs is 4. The van der Waals surface area contributed by atoms with E-state index in [4.69, 9.17) is 9.97 Å². The summed E-state index contributed by atoms with van der Waals surface area (Å²) in [7, 11) is 2.13. The smallest absolute Gasteiger partial charge is 0.158 e. The number of rotatable bonds is 1. The monoisotopic (exact) mass is 356 g/mol. The van der Waals surface area contributed by atoms with Gasteiger partial charge < -0.3 is 9.80 Å². The first-order chi connectivity index (χ1) is 12.9. The molecule has 3 aromatic rings. The molecule has 2 aliphatic rings. The molecule has 4 heteroatoms. The van der Waals surface area contributed by atoms with E-state index in [9.17, 15) is 0 Å². The highest BCUT2D eigenvalue weighted by molar-refractivity contribution is 5.90. The molecule has 136 valence electrons. The Morgan fingerprint density at radius 3 is 2.59 bits per heavy atom. The molecule has 0 fully saturated rings. The number of nitrogens with zero attached hydrogens (tertiary/aromatic N) is 4. The Balaban J connectivity index is 1.79. The Bertz CT molecular complexity index is 1080. The lowest BCUT2D eigenvalue weighted by Crippen LogP contribution is -2.28.